The van der Waals surface area contributed by atoms with Gasteiger partial charge in [0, 0.05) is 38.5 Å². The lowest BCUT2D eigenvalue weighted by Gasteiger charge is -2.34. The first kappa shape index (κ1) is 13.8. The van der Waals surface area contributed by atoms with Crippen LogP contribution in [0.25, 0.3) is 0 Å². The van der Waals surface area contributed by atoms with Gasteiger partial charge < -0.3 is 15.0 Å². The van der Waals surface area contributed by atoms with Crippen LogP contribution >= 0.6 is 0 Å². The summed E-state index contributed by atoms with van der Waals surface area (Å²) in [6, 6.07) is 6.81. The number of ether oxygens (including phenoxy) is 1. The van der Waals surface area contributed by atoms with Gasteiger partial charge in [-0.25, -0.2) is 4.98 Å². The molecule has 0 spiro atoms. The quantitative estimate of drug-likeness (QED) is 0.913. The fourth-order valence-electron chi connectivity index (χ4n) is 3.16. The zero-order chi connectivity index (χ0) is 13.6. The second-order valence-electron chi connectivity index (χ2n) is 5.94. The maximum atomic E-state index is 5.54. The third-order valence-corrected chi connectivity index (χ3v) is 4.42. The monoisotopic (exact) mass is 275 g/mol. The molecule has 2 aliphatic heterocycles. The van der Waals surface area contributed by atoms with Crippen molar-refractivity contribution >= 4 is 5.82 Å². The van der Waals surface area contributed by atoms with Crippen LogP contribution in [0, 0.1) is 5.92 Å². The van der Waals surface area contributed by atoms with E-state index in [4.69, 9.17) is 4.74 Å². The largest absolute Gasteiger partial charge is 0.381 e. The Labute approximate surface area is 121 Å². The minimum Gasteiger partial charge on any atom is -0.381 e. The summed E-state index contributed by atoms with van der Waals surface area (Å²) in [6.45, 7) is 5.23. The van der Waals surface area contributed by atoms with E-state index in [1.54, 1.807) is 0 Å². The van der Waals surface area contributed by atoms with Crippen LogP contribution in [0.3, 0.4) is 0 Å². The molecule has 2 saturated heterocycles. The average Bonchev–Trinajstić information content (AvgIpc) is 2.55. The fourth-order valence-corrected chi connectivity index (χ4v) is 3.16. The van der Waals surface area contributed by atoms with Gasteiger partial charge in [0.05, 0.1) is 6.61 Å². The molecule has 0 bridgehead atoms. The van der Waals surface area contributed by atoms with Gasteiger partial charge in [-0.3, -0.25) is 0 Å². The molecule has 0 saturated carbocycles. The molecule has 1 N–H and O–H groups in total. The molecule has 1 atom stereocenters. The molecule has 2 fully saturated rings. The summed E-state index contributed by atoms with van der Waals surface area (Å²) in [5.41, 5.74) is 0. The lowest BCUT2D eigenvalue weighted by Crippen LogP contribution is -2.44. The molecule has 0 aliphatic carbocycles. The maximum absolute atomic E-state index is 5.54. The predicted octanol–water partition coefficient (Wildman–Crippen LogP) is 2.07. The van der Waals surface area contributed by atoms with Gasteiger partial charge in [0.15, 0.2) is 0 Å². The molecule has 110 valence electrons. The molecule has 2 aliphatic rings. The molecule has 3 heterocycles. The standard InChI is InChI=1S/C16H25N3O/c1-2-8-17-16(5-1)19-9-6-15(7-10-19)18-12-14-4-3-11-20-13-14/h1-2,5,8,14-15,18H,3-4,6-7,9-13H2. The summed E-state index contributed by atoms with van der Waals surface area (Å²) in [5.74, 6) is 1.84. The number of nitrogens with one attached hydrogen (secondary N) is 1. The lowest BCUT2D eigenvalue weighted by molar-refractivity contribution is 0.0535. The summed E-state index contributed by atoms with van der Waals surface area (Å²) in [5, 5.41) is 3.74. The maximum Gasteiger partial charge on any atom is 0.128 e. The molecule has 0 amide bonds. The van der Waals surface area contributed by atoms with E-state index in [2.05, 4.69) is 27.3 Å². The molecule has 20 heavy (non-hydrogen) atoms. The van der Waals surface area contributed by atoms with Gasteiger partial charge in [-0.15, -0.1) is 0 Å². The topological polar surface area (TPSA) is 37.4 Å². The Morgan fingerprint density at radius 3 is 2.85 bits per heavy atom. The number of nitrogens with zero attached hydrogens (tertiary/aromatic N) is 2. The molecule has 1 unspecified atom stereocenters. The van der Waals surface area contributed by atoms with E-state index < -0.39 is 0 Å². The number of aromatic nitrogens is 1. The van der Waals surface area contributed by atoms with Crippen LogP contribution in [-0.2, 0) is 4.74 Å². The highest BCUT2D eigenvalue weighted by Gasteiger charge is 2.21. The van der Waals surface area contributed by atoms with Crippen LogP contribution in [0.5, 0.6) is 0 Å². The zero-order valence-corrected chi connectivity index (χ0v) is 12.1. The summed E-state index contributed by atoms with van der Waals surface area (Å²) in [4.78, 5) is 6.83. The summed E-state index contributed by atoms with van der Waals surface area (Å²) in [7, 11) is 0. The van der Waals surface area contributed by atoms with E-state index in [-0.39, 0.29) is 0 Å². The Hall–Kier alpha value is -1.13. The van der Waals surface area contributed by atoms with Gasteiger partial charge in [-0.05, 0) is 43.7 Å². The second-order valence-corrected chi connectivity index (χ2v) is 5.94. The van der Waals surface area contributed by atoms with Crippen molar-refractivity contribution in [2.24, 2.45) is 5.92 Å². The zero-order valence-electron chi connectivity index (χ0n) is 12.1. The van der Waals surface area contributed by atoms with Crippen molar-refractivity contribution in [1.29, 1.82) is 0 Å². The molecule has 1 aromatic rings. The lowest BCUT2D eigenvalue weighted by atomic mass is 10.00. The van der Waals surface area contributed by atoms with Crippen LogP contribution in [-0.4, -0.2) is 43.9 Å². The highest BCUT2D eigenvalue weighted by molar-refractivity contribution is 5.38. The van der Waals surface area contributed by atoms with Gasteiger partial charge >= 0.3 is 0 Å². The highest BCUT2D eigenvalue weighted by Crippen LogP contribution is 2.18. The number of anilines is 1. The minimum atomic E-state index is 0.664. The number of hydrogen-bond acceptors (Lipinski definition) is 4. The smallest absolute Gasteiger partial charge is 0.128 e. The van der Waals surface area contributed by atoms with E-state index in [0.717, 1.165) is 44.6 Å². The van der Waals surface area contributed by atoms with Crippen LogP contribution in [0.2, 0.25) is 0 Å². The number of pyridine rings is 1. The van der Waals surface area contributed by atoms with E-state index in [1.165, 1.54) is 25.7 Å². The molecular formula is C16H25N3O. The summed E-state index contributed by atoms with van der Waals surface area (Å²) < 4.78 is 5.54. The van der Waals surface area contributed by atoms with Crippen molar-refractivity contribution in [2.75, 3.05) is 37.7 Å². The van der Waals surface area contributed by atoms with E-state index in [0.29, 0.717) is 6.04 Å². The van der Waals surface area contributed by atoms with E-state index >= 15 is 0 Å². The predicted molar refractivity (Wildman–Crippen MR) is 81.0 cm³/mol. The van der Waals surface area contributed by atoms with Gasteiger partial charge in [0.1, 0.15) is 5.82 Å². The van der Waals surface area contributed by atoms with Crippen LogP contribution < -0.4 is 10.2 Å². The molecular weight excluding hydrogens is 250 g/mol. The molecule has 3 rings (SSSR count). The van der Waals surface area contributed by atoms with Gasteiger partial charge in [0.2, 0.25) is 0 Å². The van der Waals surface area contributed by atoms with E-state index in [1.807, 2.05) is 12.3 Å². The first-order chi connectivity index (χ1) is 9.92. The average molecular weight is 275 g/mol. The fraction of sp³-hybridized carbons (Fsp3) is 0.688. The van der Waals surface area contributed by atoms with Crippen molar-refractivity contribution in [2.45, 2.75) is 31.7 Å². The Morgan fingerprint density at radius 2 is 2.15 bits per heavy atom. The van der Waals surface area contributed by atoms with Gasteiger partial charge in [0.25, 0.3) is 0 Å². The van der Waals surface area contributed by atoms with Gasteiger partial charge in [-0.1, -0.05) is 6.07 Å². The SMILES string of the molecule is c1ccc(N2CCC(NCC3CCCOC3)CC2)nc1. The normalized spacial score (nSPS) is 24.8. The van der Waals surface area contributed by atoms with Crippen molar-refractivity contribution in [3.05, 3.63) is 24.4 Å². The third-order valence-electron chi connectivity index (χ3n) is 4.42. The Morgan fingerprint density at radius 1 is 1.25 bits per heavy atom. The number of rotatable bonds is 4. The Balaban J connectivity index is 1.40. The summed E-state index contributed by atoms with van der Waals surface area (Å²) in [6.07, 6.45) is 6.85. The van der Waals surface area contributed by atoms with Crippen molar-refractivity contribution in [1.82, 2.24) is 10.3 Å². The third kappa shape index (κ3) is 3.70. The Kier molecular flexibility index (Phi) is 4.87. The van der Waals surface area contributed by atoms with E-state index in [9.17, 15) is 0 Å². The summed E-state index contributed by atoms with van der Waals surface area (Å²) >= 11 is 0. The first-order valence-corrected chi connectivity index (χ1v) is 7.89. The first-order valence-electron chi connectivity index (χ1n) is 7.89. The van der Waals surface area contributed by atoms with Gasteiger partial charge in [-0.2, -0.15) is 0 Å². The molecule has 0 aromatic carbocycles. The van der Waals surface area contributed by atoms with Crippen LogP contribution in [0.1, 0.15) is 25.7 Å². The second kappa shape index (κ2) is 7.04. The van der Waals surface area contributed by atoms with Crippen molar-refractivity contribution in [3.63, 3.8) is 0 Å². The molecule has 4 heteroatoms. The van der Waals surface area contributed by atoms with Crippen LogP contribution in [0.15, 0.2) is 24.4 Å². The molecule has 0 radical (unpaired) electrons. The molecule has 4 nitrogen and oxygen atoms in total. The number of piperidine rings is 1. The number of hydrogen-bond donors (Lipinski definition) is 1. The van der Waals surface area contributed by atoms with Crippen LogP contribution in [0.4, 0.5) is 5.82 Å². The Bertz CT molecular complexity index is 384. The molecule has 1 aromatic heterocycles. The van der Waals surface area contributed by atoms with Crippen molar-refractivity contribution < 1.29 is 4.74 Å². The minimum absolute atomic E-state index is 0.664. The van der Waals surface area contributed by atoms with Crippen molar-refractivity contribution in [3.8, 4) is 0 Å². The highest BCUT2D eigenvalue weighted by atomic mass is 16.5.